The standard InChI is InChI=1S/C12H20N2O/c15-9-13-7-8-14(10-3-1-4-10)12-6-2-5-11(12)13/h9-12H,1-8H2/t11-,12?/m0/s1. The second kappa shape index (κ2) is 3.78. The van der Waals surface area contributed by atoms with Crippen LogP contribution in [0, 0.1) is 0 Å². The van der Waals surface area contributed by atoms with Crippen molar-refractivity contribution in [1.82, 2.24) is 9.80 Å². The molecular formula is C12H20N2O. The molecule has 15 heavy (non-hydrogen) atoms. The van der Waals surface area contributed by atoms with Gasteiger partial charge in [0.25, 0.3) is 0 Å². The first-order valence-corrected chi connectivity index (χ1v) is 6.37. The molecule has 3 rings (SSSR count). The number of amides is 1. The first-order valence-electron chi connectivity index (χ1n) is 6.37. The van der Waals surface area contributed by atoms with E-state index in [1.165, 1.54) is 38.5 Å². The van der Waals surface area contributed by atoms with Crippen LogP contribution >= 0.6 is 0 Å². The summed E-state index contributed by atoms with van der Waals surface area (Å²) < 4.78 is 0. The average Bonchev–Trinajstić information content (AvgIpc) is 2.64. The van der Waals surface area contributed by atoms with Crippen LogP contribution in [0.4, 0.5) is 0 Å². The molecule has 1 amide bonds. The van der Waals surface area contributed by atoms with E-state index in [2.05, 4.69) is 4.90 Å². The van der Waals surface area contributed by atoms with Gasteiger partial charge in [0, 0.05) is 31.2 Å². The molecule has 2 aliphatic carbocycles. The summed E-state index contributed by atoms with van der Waals surface area (Å²) in [5.74, 6) is 0. The maximum absolute atomic E-state index is 11.0. The number of piperazine rings is 1. The molecule has 2 saturated carbocycles. The quantitative estimate of drug-likeness (QED) is 0.637. The van der Waals surface area contributed by atoms with Gasteiger partial charge in [0.05, 0.1) is 0 Å². The van der Waals surface area contributed by atoms with Crippen molar-refractivity contribution in [3.8, 4) is 0 Å². The second-order valence-corrected chi connectivity index (χ2v) is 5.23. The number of hydrogen-bond donors (Lipinski definition) is 0. The molecule has 3 fully saturated rings. The van der Waals surface area contributed by atoms with Crippen molar-refractivity contribution in [2.24, 2.45) is 0 Å². The normalized spacial score (nSPS) is 37.5. The highest BCUT2D eigenvalue weighted by atomic mass is 16.1. The largest absolute Gasteiger partial charge is 0.339 e. The van der Waals surface area contributed by atoms with Gasteiger partial charge in [-0.15, -0.1) is 0 Å². The zero-order valence-corrected chi connectivity index (χ0v) is 9.27. The minimum Gasteiger partial charge on any atom is -0.339 e. The van der Waals surface area contributed by atoms with E-state index in [0.717, 1.165) is 25.5 Å². The topological polar surface area (TPSA) is 23.6 Å². The third-order valence-electron chi connectivity index (χ3n) is 4.59. The number of hydrogen-bond acceptors (Lipinski definition) is 2. The van der Waals surface area contributed by atoms with E-state index in [0.29, 0.717) is 12.1 Å². The fourth-order valence-corrected chi connectivity index (χ4v) is 3.56. The second-order valence-electron chi connectivity index (χ2n) is 5.23. The molecule has 1 heterocycles. The van der Waals surface area contributed by atoms with Gasteiger partial charge in [-0.3, -0.25) is 9.69 Å². The first-order chi connectivity index (χ1) is 7.40. The highest BCUT2D eigenvalue weighted by Gasteiger charge is 2.42. The summed E-state index contributed by atoms with van der Waals surface area (Å²) in [5.41, 5.74) is 0. The fraction of sp³-hybridized carbons (Fsp3) is 0.917. The zero-order valence-electron chi connectivity index (χ0n) is 9.27. The molecular weight excluding hydrogens is 188 g/mol. The van der Waals surface area contributed by atoms with Crippen molar-refractivity contribution in [1.29, 1.82) is 0 Å². The lowest BCUT2D eigenvalue weighted by atomic mass is 9.88. The predicted octanol–water partition coefficient (Wildman–Crippen LogP) is 1.23. The monoisotopic (exact) mass is 208 g/mol. The summed E-state index contributed by atoms with van der Waals surface area (Å²) in [6.45, 7) is 2.08. The molecule has 0 aromatic carbocycles. The Morgan fingerprint density at radius 2 is 1.67 bits per heavy atom. The number of rotatable bonds is 2. The summed E-state index contributed by atoms with van der Waals surface area (Å²) in [7, 11) is 0. The van der Waals surface area contributed by atoms with Gasteiger partial charge in [0.2, 0.25) is 6.41 Å². The Labute approximate surface area is 91.4 Å². The molecule has 0 aromatic rings. The minimum absolute atomic E-state index is 0.539. The van der Waals surface area contributed by atoms with Crippen molar-refractivity contribution in [3.63, 3.8) is 0 Å². The maximum atomic E-state index is 11.0. The highest BCUT2D eigenvalue weighted by Crippen LogP contribution is 2.36. The van der Waals surface area contributed by atoms with Crippen LogP contribution in [0.15, 0.2) is 0 Å². The van der Waals surface area contributed by atoms with E-state index in [9.17, 15) is 4.79 Å². The summed E-state index contributed by atoms with van der Waals surface area (Å²) in [4.78, 5) is 15.7. The lowest BCUT2D eigenvalue weighted by Gasteiger charge is -2.49. The van der Waals surface area contributed by atoms with E-state index in [1.807, 2.05) is 4.90 Å². The zero-order chi connectivity index (χ0) is 10.3. The Hall–Kier alpha value is -0.570. The summed E-state index contributed by atoms with van der Waals surface area (Å²) in [6.07, 6.45) is 9.12. The number of nitrogens with zero attached hydrogens (tertiary/aromatic N) is 2. The molecule has 84 valence electrons. The van der Waals surface area contributed by atoms with Crippen LogP contribution in [0.1, 0.15) is 38.5 Å². The molecule has 1 aliphatic heterocycles. The molecule has 0 spiro atoms. The number of carbonyl (C=O) groups is 1. The summed E-state index contributed by atoms with van der Waals surface area (Å²) in [6, 6.07) is 2.08. The van der Waals surface area contributed by atoms with Crippen molar-refractivity contribution in [2.75, 3.05) is 13.1 Å². The molecule has 2 atom stereocenters. The van der Waals surface area contributed by atoms with Crippen LogP contribution in [-0.4, -0.2) is 47.4 Å². The molecule has 0 aromatic heterocycles. The smallest absolute Gasteiger partial charge is 0.210 e. The molecule has 1 saturated heterocycles. The fourth-order valence-electron chi connectivity index (χ4n) is 3.56. The van der Waals surface area contributed by atoms with E-state index >= 15 is 0 Å². The van der Waals surface area contributed by atoms with Crippen LogP contribution in [0.3, 0.4) is 0 Å². The Morgan fingerprint density at radius 1 is 0.933 bits per heavy atom. The van der Waals surface area contributed by atoms with E-state index in [-0.39, 0.29) is 0 Å². The third-order valence-corrected chi connectivity index (χ3v) is 4.59. The highest BCUT2D eigenvalue weighted by molar-refractivity contribution is 5.48. The molecule has 0 radical (unpaired) electrons. The Morgan fingerprint density at radius 3 is 2.33 bits per heavy atom. The van der Waals surface area contributed by atoms with E-state index in [4.69, 9.17) is 0 Å². The minimum atomic E-state index is 0.539. The summed E-state index contributed by atoms with van der Waals surface area (Å²) >= 11 is 0. The molecule has 3 aliphatic rings. The predicted molar refractivity (Wildman–Crippen MR) is 58.5 cm³/mol. The van der Waals surface area contributed by atoms with Crippen molar-refractivity contribution >= 4 is 6.41 Å². The van der Waals surface area contributed by atoms with Crippen LogP contribution in [0.2, 0.25) is 0 Å². The van der Waals surface area contributed by atoms with Crippen LogP contribution in [-0.2, 0) is 4.79 Å². The lowest BCUT2D eigenvalue weighted by molar-refractivity contribution is -0.125. The van der Waals surface area contributed by atoms with E-state index < -0.39 is 0 Å². The van der Waals surface area contributed by atoms with Crippen molar-refractivity contribution in [3.05, 3.63) is 0 Å². The Balaban J connectivity index is 1.74. The van der Waals surface area contributed by atoms with E-state index in [1.54, 1.807) is 0 Å². The average molecular weight is 208 g/mol. The van der Waals surface area contributed by atoms with Gasteiger partial charge in [-0.2, -0.15) is 0 Å². The molecule has 3 heteroatoms. The van der Waals surface area contributed by atoms with Gasteiger partial charge >= 0.3 is 0 Å². The van der Waals surface area contributed by atoms with Gasteiger partial charge in [-0.1, -0.05) is 6.42 Å². The van der Waals surface area contributed by atoms with Gasteiger partial charge < -0.3 is 4.90 Å². The van der Waals surface area contributed by atoms with Crippen LogP contribution in [0.5, 0.6) is 0 Å². The molecule has 3 nitrogen and oxygen atoms in total. The number of carbonyl (C=O) groups excluding carboxylic acids is 1. The molecule has 0 bridgehead atoms. The van der Waals surface area contributed by atoms with Crippen LogP contribution < -0.4 is 0 Å². The number of fused-ring (bicyclic) bond motifs is 1. The Bertz CT molecular complexity index is 252. The summed E-state index contributed by atoms with van der Waals surface area (Å²) in [5, 5.41) is 0. The molecule has 0 N–H and O–H groups in total. The van der Waals surface area contributed by atoms with Gasteiger partial charge in [0.1, 0.15) is 0 Å². The third kappa shape index (κ3) is 1.48. The van der Waals surface area contributed by atoms with Crippen molar-refractivity contribution < 1.29 is 4.79 Å². The molecule has 1 unspecified atom stereocenters. The van der Waals surface area contributed by atoms with Crippen molar-refractivity contribution in [2.45, 2.75) is 56.7 Å². The first kappa shape index (κ1) is 9.64. The van der Waals surface area contributed by atoms with Crippen LogP contribution in [0.25, 0.3) is 0 Å². The van der Waals surface area contributed by atoms with Gasteiger partial charge in [-0.25, -0.2) is 0 Å². The lowest BCUT2D eigenvalue weighted by Crippen LogP contribution is -2.60. The van der Waals surface area contributed by atoms with Gasteiger partial charge in [-0.05, 0) is 32.1 Å². The maximum Gasteiger partial charge on any atom is 0.210 e. The van der Waals surface area contributed by atoms with Gasteiger partial charge in [0.15, 0.2) is 0 Å². The SMILES string of the molecule is O=CN1CCN(C2CCC2)C2CCC[C@@H]21. The Kier molecular flexibility index (Phi) is 2.43.